The predicted molar refractivity (Wildman–Crippen MR) is 111 cm³/mol. The van der Waals surface area contributed by atoms with E-state index in [1.54, 1.807) is 41.3 Å². The average Bonchev–Trinajstić information content (AvgIpc) is 2.77. The van der Waals surface area contributed by atoms with Crippen LogP contribution in [0.2, 0.25) is 0 Å². The van der Waals surface area contributed by atoms with E-state index in [9.17, 15) is 9.59 Å². The number of aromatic carboxylic acids is 1. The van der Waals surface area contributed by atoms with Crippen molar-refractivity contribution in [1.29, 1.82) is 0 Å². The van der Waals surface area contributed by atoms with Gasteiger partial charge in [0.05, 0.1) is 18.8 Å². The van der Waals surface area contributed by atoms with Crippen LogP contribution in [0.1, 0.15) is 31.8 Å². The minimum Gasteiger partial charge on any atom is -0.478 e. The van der Waals surface area contributed by atoms with Gasteiger partial charge in [-0.3, -0.25) is 9.69 Å². The number of benzene rings is 2. The van der Waals surface area contributed by atoms with Crippen LogP contribution in [-0.4, -0.2) is 66.2 Å². The first-order chi connectivity index (χ1) is 14.1. The van der Waals surface area contributed by atoms with E-state index >= 15 is 0 Å². The van der Waals surface area contributed by atoms with Crippen molar-refractivity contribution in [3.05, 3.63) is 70.8 Å². The van der Waals surface area contributed by atoms with Gasteiger partial charge in [-0.2, -0.15) is 0 Å². The van der Waals surface area contributed by atoms with Crippen LogP contribution in [0, 0.1) is 0 Å². The van der Waals surface area contributed by atoms with Gasteiger partial charge in [0, 0.05) is 44.2 Å². The van der Waals surface area contributed by atoms with E-state index in [4.69, 9.17) is 21.4 Å². The van der Waals surface area contributed by atoms with E-state index in [-0.39, 0.29) is 11.5 Å². The summed E-state index contributed by atoms with van der Waals surface area (Å²) in [5.41, 5.74) is 2.70. The van der Waals surface area contributed by atoms with Gasteiger partial charge in [-0.05, 0) is 35.4 Å². The van der Waals surface area contributed by atoms with Crippen molar-refractivity contribution in [3.8, 4) is 0 Å². The third kappa shape index (κ3) is 6.03. The number of hydrogen-bond acceptors (Lipinski definition) is 4. The van der Waals surface area contributed by atoms with Crippen LogP contribution in [0.3, 0.4) is 0 Å². The highest BCUT2D eigenvalue weighted by atomic mass is 35.5. The summed E-state index contributed by atoms with van der Waals surface area (Å²) in [4.78, 5) is 28.3. The first-order valence-corrected chi connectivity index (χ1v) is 10.2. The number of hydrogen-bond donors (Lipinski definition) is 1. The Balaban J connectivity index is 1.73. The summed E-state index contributed by atoms with van der Waals surface area (Å²) in [6.45, 7) is 4.91. The Bertz CT molecular complexity index is 818. The number of carbonyl (C=O) groups excluding carboxylic acids is 1. The fourth-order valence-electron chi connectivity index (χ4n) is 3.23. The van der Waals surface area contributed by atoms with Crippen molar-refractivity contribution in [3.63, 3.8) is 0 Å². The molecule has 1 N–H and O–H groups in total. The first kappa shape index (κ1) is 21.3. The number of alkyl halides is 1. The number of rotatable bonds is 8. The van der Waals surface area contributed by atoms with Crippen molar-refractivity contribution in [2.45, 2.75) is 12.4 Å². The molecule has 1 heterocycles. The van der Waals surface area contributed by atoms with Gasteiger partial charge in [-0.15, -0.1) is 11.6 Å². The van der Waals surface area contributed by atoms with Gasteiger partial charge < -0.3 is 14.7 Å². The van der Waals surface area contributed by atoms with Crippen molar-refractivity contribution in [2.75, 3.05) is 39.4 Å². The Morgan fingerprint density at radius 1 is 0.966 bits per heavy atom. The molecule has 1 amide bonds. The van der Waals surface area contributed by atoms with Crippen LogP contribution in [-0.2, 0) is 17.2 Å². The lowest BCUT2D eigenvalue weighted by Crippen LogP contribution is -2.42. The number of amides is 1. The topological polar surface area (TPSA) is 70.1 Å². The third-order valence-corrected chi connectivity index (χ3v) is 5.32. The standard InChI is InChI=1S/C22H25ClN2O4/c23-15-17-1-5-19(6-2-17)21(26)25(10-9-24-11-13-29-14-12-24)16-18-3-7-20(8-4-18)22(27)28/h1-8H,9-16H2,(H,27,28). The lowest BCUT2D eigenvalue weighted by molar-refractivity contribution is 0.0320. The number of carboxylic acid groups (broad SMARTS) is 1. The molecular weight excluding hydrogens is 392 g/mol. The van der Waals surface area contributed by atoms with Gasteiger partial charge in [0.2, 0.25) is 0 Å². The molecular formula is C22H25ClN2O4. The Morgan fingerprint density at radius 3 is 2.14 bits per heavy atom. The molecule has 2 aromatic rings. The van der Waals surface area contributed by atoms with Gasteiger partial charge in [-0.1, -0.05) is 24.3 Å². The fraction of sp³-hybridized carbons (Fsp3) is 0.364. The second-order valence-corrected chi connectivity index (χ2v) is 7.28. The van der Waals surface area contributed by atoms with Crippen molar-refractivity contribution >= 4 is 23.5 Å². The quantitative estimate of drug-likeness (QED) is 0.669. The monoisotopic (exact) mass is 416 g/mol. The number of carboxylic acids is 1. The van der Waals surface area contributed by atoms with Crippen molar-refractivity contribution < 1.29 is 19.4 Å². The molecule has 0 spiro atoms. The largest absolute Gasteiger partial charge is 0.478 e. The molecule has 1 aliphatic rings. The van der Waals surface area contributed by atoms with Crippen LogP contribution in [0.25, 0.3) is 0 Å². The third-order valence-electron chi connectivity index (χ3n) is 5.01. The van der Waals surface area contributed by atoms with Gasteiger partial charge in [0.15, 0.2) is 0 Å². The van der Waals surface area contributed by atoms with Gasteiger partial charge in [0.1, 0.15) is 0 Å². The molecule has 1 saturated heterocycles. The second-order valence-electron chi connectivity index (χ2n) is 7.01. The Morgan fingerprint density at radius 2 is 1.55 bits per heavy atom. The Kier molecular flexibility index (Phi) is 7.63. The van der Waals surface area contributed by atoms with Crippen LogP contribution < -0.4 is 0 Å². The molecule has 0 saturated carbocycles. The molecule has 0 aliphatic carbocycles. The van der Waals surface area contributed by atoms with Gasteiger partial charge in [-0.25, -0.2) is 4.79 Å². The average molecular weight is 417 g/mol. The summed E-state index contributed by atoms with van der Waals surface area (Å²) in [6.07, 6.45) is 0. The summed E-state index contributed by atoms with van der Waals surface area (Å²) in [5.74, 6) is -0.608. The minimum absolute atomic E-state index is 0.0540. The maximum absolute atomic E-state index is 13.2. The predicted octanol–water partition coefficient (Wildman–Crippen LogP) is 3.10. The zero-order valence-corrected chi connectivity index (χ0v) is 17.0. The first-order valence-electron chi connectivity index (χ1n) is 9.63. The highest BCUT2D eigenvalue weighted by molar-refractivity contribution is 6.17. The summed E-state index contributed by atoms with van der Waals surface area (Å²) in [6, 6.07) is 14.0. The maximum Gasteiger partial charge on any atom is 0.335 e. The van der Waals surface area contributed by atoms with Crippen LogP contribution in [0.15, 0.2) is 48.5 Å². The zero-order valence-electron chi connectivity index (χ0n) is 16.2. The normalized spacial score (nSPS) is 14.5. The van der Waals surface area contributed by atoms with Crippen molar-refractivity contribution in [1.82, 2.24) is 9.80 Å². The molecule has 6 nitrogen and oxygen atoms in total. The zero-order chi connectivity index (χ0) is 20.6. The summed E-state index contributed by atoms with van der Waals surface area (Å²) >= 11 is 5.85. The number of morpholine rings is 1. The van der Waals surface area contributed by atoms with Crippen LogP contribution in [0.4, 0.5) is 0 Å². The van der Waals surface area contributed by atoms with E-state index in [1.165, 1.54) is 0 Å². The lowest BCUT2D eigenvalue weighted by Gasteiger charge is -2.30. The summed E-state index contributed by atoms with van der Waals surface area (Å²) in [5, 5.41) is 9.08. The molecule has 0 bridgehead atoms. The van der Waals surface area contributed by atoms with Gasteiger partial charge in [0.25, 0.3) is 5.91 Å². The molecule has 29 heavy (non-hydrogen) atoms. The molecule has 0 radical (unpaired) electrons. The summed E-state index contributed by atoms with van der Waals surface area (Å²) < 4.78 is 5.39. The highest BCUT2D eigenvalue weighted by Gasteiger charge is 2.19. The van der Waals surface area contributed by atoms with Gasteiger partial charge >= 0.3 is 5.97 Å². The molecule has 154 valence electrons. The number of halogens is 1. The number of ether oxygens (including phenoxy) is 1. The second kappa shape index (κ2) is 10.4. The fourth-order valence-corrected chi connectivity index (χ4v) is 3.41. The van der Waals surface area contributed by atoms with Crippen LogP contribution in [0.5, 0.6) is 0 Å². The Hall–Kier alpha value is -2.41. The van der Waals surface area contributed by atoms with E-state index in [0.717, 1.165) is 30.8 Å². The molecule has 7 heteroatoms. The molecule has 0 atom stereocenters. The Labute approximate surface area is 175 Å². The molecule has 2 aromatic carbocycles. The van der Waals surface area contributed by atoms with Crippen molar-refractivity contribution in [2.24, 2.45) is 0 Å². The highest BCUT2D eigenvalue weighted by Crippen LogP contribution is 2.14. The van der Waals surface area contributed by atoms with E-state index in [2.05, 4.69) is 4.90 Å². The number of carbonyl (C=O) groups is 2. The summed E-state index contributed by atoms with van der Waals surface area (Å²) in [7, 11) is 0. The molecule has 0 aromatic heterocycles. The van der Waals surface area contributed by atoms with Crippen LogP contribution >= 0.6 is 11.6 Å². The minimum atomic E-state index is -0.962. The molecule has 1 aliphatic heterocycles. The molecule has 1 fully saturated rings. The SMILES string of the molecule is O=C(O)c1ccc(CN(CCN2CCOCC2)C(=O)c2ccc(CCl)cc2)cc1. The smallest absolute Gasteiger partial charge is 0.335 e. The molecule has 0 unspecified atom stereocenters. The van der Waals surface area contributed by atoms with E-state index in [0.29, 0.717) is 37.7 Å². The lowest BCUT2D eigenvalue weighted by atomic mass is 10.1. The number of nitrogens with zero attached hydrogens (tertiary/aromatic N) is 2. The van der Waals surface area contributed by atoms with E-state index < -0.39 is 5.97 Å². The maximum atomic E-state index is 13.2. The molecule has 3 rings (SSSR count). The van der Waals surface area contributed by atoms with E-state index in [1.807, 2.05) is 12.1 Å².